The number of anilines is 2. The first-order valence-corrected chi connectivity index (χ1v) is 5.99. The van der Waals surface area contributed by atoms with Gasteiger partial charge in [-0.15, -0.1) is 0 Å². The van der Waals surface area contributed by atoms with E-state index in [2.05, 4.69) is 20.8 Å². The van der Waals surface area contributed by atoms with Gasteiger partial charge in [0.1, 0.15) is 5.82 Å². The van der Waals surface area contributed by atoms with E-state index in [9.17, 15) is 9.18 Å². The lowest BCUT2D eigenvalue weighted by atomic mass is 10.2. The molecule has 0 bridgehead atoms. The maximum Gasteiger partial charge on any atom is 0.324 e. The van der Waals surface area contributed by atoms with Crippen molar-refractivity contribution >= 4 is 28.4 Å². The Kier molecular flexibility index (Phi) is 3.04. The van der Waals surface area contributed by atoms with Crippen LogP contribution < -0.4 is 10.6 Å². The maximum absolute atomic E-state index is 13.0. The van der Waals surface area contributed by atoms with Crippen molar-refractivity contribution in [2.24, 2.45) is 0 Å². The third-order valence-corrected chi connectivity index (χ3v) is 2.78. The van der Waals surface area contributed by atoms with Crippen molar-refractivity contribution in [1.29, 1.82) is 0 Å². The molecule has 0 radical (unpaired) electrons. The fraction of sp³-hybridized carbons (Fsp3) is 0. The van der Waals surface area contributed by atoms with Gasteiger partial charge in [-0.1, -0.05) is 18.2 Å². The Morgan fingerprint density at radius 3 is 2.80 bits per heavy atom. The summed E-state index contributed by atoms with van der Waals surface area (Å²) in [6.45, 7) is 0. The molecule has 3 aromatic rings. The molecule has 0 aliphatic heterocycles. The molecule has 2 amide bonds. The van der Waals surface area contributed by atoms with Crippen LogP contribution in [0, 0.1) is 5.82 Å². The smallest absolute Gasteiger partial charge is 0.308 e. The molecular formula is C14H11FN4O. The van der Waals surface area contributed by atoms with Gasteiger partial charge in [-0.05, 0) is 30.3 Å². The molecule has 0 fully saturated rings. The number of halogens is 1. The second-order valence-corrected chi connectivity index (χ2v) is 4.21. The van der Waals surface area contributed by atoms with Gasteiger partial charge in [0.2, 0.25) is 0 Å². The van der Waals surface area contributed by atoms with Crippen molar-refractivity contribution in [2.75, 3.05) is 10.6 Å². The molecule has 5 nitrogen and oxygen atoms in total. The van der Waals surface area contributed by atoms with E-state index in [-0.39, 0.29) is 0 Å². The molecule has 1 aromatic heterocycles. The molecule has 0 saturated carbocycles. The summed E-state index contributed by atoms with van der Waals surface area (Å²) in [5, 5.41) is 12.8. The number of fused-ring (bicyclic) bond motifs is 1. The van der Waals surface area contributed by atoms with Gasteiger partial charge in [0.25, 0.3) is 0 Å². The molecule has 0 unspecified atom stereocenters. The van der Waals surface area contributed by atoms with Crippen molar-refractivity contribution < 1.29 is 9.18 Å². The summed E-state index contributed by atoms with van der Waals surface area (Å²) in [5.41, 5.74) is 1.20. The molecule has 1 heterocycles. The van der Waals surface area contributed by atoms with Crippen molar-refractivity contribution in [1.82, 2.24) is 10.2 Å². The van der Waals surface area contributed by atoms with Crippen LogP contribution in [0.2, 0.25) is 0 Å². The number of aromatic nitrogens is 2. The quantitative estimate of drug-likeness (QED) is 0.668. The fourth-order valence-corrected chi connectivity index (χ4v) is 1.89. The number of carbonyl (C=O) groups excluding carboxylic acids is 1. The summed E-state index contributed by atoms with van der Waals surface area (Å²) in [6.07, 6.45) is 0. The highest BCUT2D eigenvalue weighted by Gasteiger charge is 2.09. The van der Waals surface area contributed by atoms with Crippen LogP contribution in [0.15, 0.2) is 48.5 Å². The second-order valence-electron chi connectivity index (χ2n) is 4.21. The van der Waals surface area contributed by atoms with Crippen LogP contribution in [-0.2, 0) is 0 Å². The first-order valence-electron chi connectivity index (χ1n) is 5.99. The van der Waals surface area contributed by atoms with Crippen LogP contribution in [0.25, 0.3) is 10.9 Å². The Morgan fingerprint density at radius 1 is 1.10 bits per heavy atom. The maximum atomic E-state index is 13.0. The molecule has 3 N–H and O–H groups in total. The standard InChI is InChI=1S/C14H11FN4O/c15-9-4-3-5-10(8-9)16-14(20)17-13-11-6-1-2-7-12(11)18-19-13/h1-8H,(H3,16,17,18,19,20). The number of hydrogen-bond acceptors (Lipinski definition) is 2. The highest BCUT2D eigenvalue weighted by Crippen LogP contribution is 2.19. The number of benzene rings is 2. The third kappa shape index (κ3) is 2.44. The summed E-state index contributed by atoms with van der Waals surface area (Å²) in [5.74, 6) is 0.0162. The Balaban J connectivity index is 1.76. The lowest BCUT2D eigenvalue weighted by molar-refractivity contribution is 0.262. The molecule has 20 heavy (non-hydrogen) atoms. The molecule has 3 rings (SSSR count). The Hall–Kier alpha value is -2.89. The minimum atomic E-state index is -0.479. The molecule has 0 spiro atoms. The van der Waals surface area contributed by atoms with Crippen LogP contribution >= 0.6 is 0 Å². The van der Waals surface area contributed by atoms with Gasteiger partial charge in [-0.2, -0.15) is 5.10 Å². The normalized spacial score (nSPS) is 10.4. The Bertz CT molecular complexity index is 768. The van der Waals surface area contributed by atoms with E-state index >= 15 is 0 Å². The number of carbonyl (C=O) groups is 1. The predicted octanol–water partition coefficient (Wildman–Crippen LogP) is 3.35. The van der Waals surface area contributed by atoms with Crippen LogP contribution in [0.4, 0.5) is 20.7 Å². The zero-order valence-electron chi connectivity index (χ0n) is 10.4. The van der Waals surface area contributed by atoms with Crippen LogP contribution in [0.5, 0.6) is 0 Å². The van der Waals surface area contributed by atoms with Crippen LogP contribution in [0.1, 0.15) is 0 Å². The fourth-order valence-electron chi connectivity index (χ4n) is 1.89. The number of nitrogens with zero attached hydrogens (tertiary/aromatic N) is 1. The number of hydrogen-bond donors (Lipinski definition) is 3. The zero-order valence-corrected chi connectivity index (χ0v) is 10.4. The number of nitrogens with one attached hydrogen (secondary N) is 3. The Labute approximate surface area is 113 Å². The number of aromatic amines is 1. The first-order chi connectivity index (χ1) is 9.72. The van der Waals surface area contributed by atoms with Crippen molar-refractivity contribution in [3.05, 3.63) is 54.3 Å². The van der Waals surface area contributed by atoms with E-state index in [1.54, 1.807) is 6.07 Å². The third-order valence-electron chi connectivity index (χ3n) is 2.78. The molecule has 0 atom stereocenters. The SMILES string of the molecule is O=C(Nc1cccc(F)c1)Nc1n[nH]c2ccccc12. The van der Waals surface area contributed by atoms with Crippen LogP contribution in [0.3, 0.4) is 0 Å². The highest BCUT2D eigenvalue weighted by molar-refractivity contribution is 6.04. The van der Waals surface area contributed by atoms with E-state index < -0.39 is 11.8 Å². The Morgan fingerprint density at radius 2 is 1.95 bits per heavy atom. The van der Waals surface area contributed by atoms with E-state index in [1.165, 1.54) is 18.2 Å². The van der Waals surface area contributed by atoms with E-state index in [0.29, 0.717) is 11.5 Å². The van der Waals surface area contributed by atoms with Crippen molar-refractivity contribution in [2.45, 2.75) is 0 Å². The lowest BCUT2D eigenvalue weighted by Gasteiger charge is -2.05. The lowest BCUT2D eigenvalue weighted by Crippen LogP contribution is -2.19. The van der Waals surface area contributed by atoms with Gasteiger partial charge < -0.3 is 5.32 Å². The number of H-pyrrole nitrogens is 1. The van der Waals surface area contributed by atoms with Crippen LogP contribution in [-0.4, -0.2) is 16.2 Å². The minimum Gasteiger partial charge on any atom is -0.308 e. The summed E-state index contributed by atoms with van der Waals surface area (Å²) in [7, 11) is 0. The average Bonchev–Trinajstić information content (AvgIpc) is 2.82. The number of rotatable bonds is 2. The molecule has 0 aliphatic carbocycles. The van der Waals surface area contributed by atoms with Gasteiger partial charge in [0.15, 0.2) is 5.82 Å². The number of urea groups is 1. The van der Waals surface area contributed by atoms with Crippen molar-refractivity contribution in [3.63, 3.8) is 0 Å². The summed E-state index contributed by atoms with van der Waals surface area (Å²) in [4.78, 5) is 11.8. The summed E-state index contributed by atoms with van der Waals surface area (Å²) >= 11 is 0. The molecule has 2 aromatic carbocycles. The molecular weight excluding hydrogens is 259 g/mol. The minimum absolute atomic E-state index is 0.377. The molecule has 0 aliphatic rings. The van der Waals surface area contributed by atoms with Gasteiger partial charge in [-0.25, -0.2) is 9.18 Å². The zero-order chi connectivity index (χ0) is 13.9. The summed E-state index contributed by atoms with van der Waals surface area (Å²) < 4.78 is 13.0. The first kappa shape index (κ1) is 12.2. The van der Waals surface area contributed by atoms with Gasteiger partial charge >= 0.3 is 6.03 Å². The molecule has 0 saturated heterocycles. The second kappa shape index (κ2) is 5.00. The number of amides is 2. The summed E-state index contributed by atoms with van der Waals surface area (Å²) in [6, 6.07) is 12.6. The molecule has 100 valence electrons. The largest absolute Gasteiger partial charge is 0.324 e. The number of para-hydroxylation sites is 1. The van der Waals surface area contributed by atoms with Gasteiger partial charge in [0.05, 0.1) is 5.52 Å². The van der Waals surface area contributed by atoms with Gasteiger partial charge in [-0.3, -0.25) is 10.4 Å². The van der Waals surface area contributed by atoms with Crippen molar-refractivity contribution in [3.8, 4) is 0 Å². The predicted molar refractivity (Wildman–Crippen MR) is 75.1 cm³/mol. The monoisotopic (exact) mass is 270 g/mol. The van der Waals surface area contributed by atoms with E-state index in [4.69, 9.17) is 0 Å². The topological polar surface area (TPSA) is 69.8 Å². The van der Waals surface area contributed by atoms with E-state index in [1.807, 2.05) is 24.3 Å². The average molecular weight is 270 g/mol. The van der Waals surface area contributed by atoms with E-state index in [0.717, 1.165) is 10.9 Å². The van der Waals surface area contributed by atoms with Gasteiger partial charge in [0, 0.05) is 11.1 Å². The highest BCUT2D eigenvalue weighted by atomic mass is 19.1. The molecule has 6 heteroatoms.